The molecule has 0 saturated heterocycles. The summed E-state index contributed by atoms with van der Waals surface area (Å²) >= 11 is 3.35. The van der Waals surface area contributed by atoms with Gasteiger partial charge < -0.3 is 5.73 Å². The fourth-order valence-corrected chi connectivity index (χ4v) is 1.94. The third-order valence-electron chi connectivity index (χ3n) is 2.50. The van der Waals surface area contributed by atoms with Crippen molar-refractivity contribution < 1.29 is 4.39 Å². The van der Waals surface area contributed by atoms with Gasteiger partial charge in [0, 0.05) is 17.4 Å². The molecular weight excluding hydrogens is 257 g/mol. The summed E-state index contributed by atoms with van der Waals surface area (Å²) in [5.41, 5.74) is 5.24. The van der Waals surface area contributed by atoms with E-state index in [2.05, 4.69) is 15.9 Å². The first-order chi connectivity index (χ1) is 7.09. The van der Waals surface area contributed by atoms with Crippen molar-refractivity contribution in [3.8, 4) is 0 Å². The fourth-order valence-electron chi connectivity index (χ4n) is 1.68. The molecule has 1 aromatic carbocycles. The molecule has 0 spiro atoms. The minimum atomic E-state index is -1.25. The van der Waals surface area contributed by atoms with Crippen molar-refractivity contribution in [3.05, 3.63) is 34.3 Å². The Bertz CT molecular complexity index is 299. The number of hydrogen-bond donors (Lipinski definition) is 1. The predicted octanol–water partition coefficient (Wildman–Crippen LogP) is 3.46. The van der Waals surface area contributed by atoms with Crippen LogP contribution in [0.25, 0.3) is 0 Å². The lowest BCUT2D eigenvalue weighted by molar-refractivity contribution is 0.158. The summed E-state index contributed by atoms with van der Waals surface area (Å²) in [4.78, 5) is 0. The van der Waals surface area contributed by atoms with Gasteiger partial charge in [-0.15, -0.1) is 0 Å². The van der Waals surface area contributed by atoms with E-state index in [1.807, 2.05) is 31.2 Å². The second-order valence-electron chi connectivity index (χ2n) is 3.91. The Kier molecular flexibility index (Phi) is 4.74. The average Bonchev–Trinajstić information content (AvgIpc) is 2.22. The van der Waals surface area contributed by atoms with Crippen LogP contribution < -0.4 is 5.73 Å². The molecule has 1 unspecified atom stereocenters. The highest BCUT2D eigenvalue weighted by Gasteiger charge is 2.26. The Labute approximate surface area is 99.0 Å². The van der Waals surface area contributed by atoms with Crippen LogP contribution in [0.15, 0.2) is 28.7 Å². The Morgan fingerprint density at radius 3 is 2.40 bits per heavy atom. The summed E-state index contributed by atoms with van der Waals surface area (Å²) in [5, 5.41) is 0. The molecule has 0 saturated carbocycles. The molecule has 1 aromatic rings. The molecule has 0 aromatic heterocycles. The molecule has 0 radical (unpaired) electrons. The van der Waals surface area contributed by atoms with E-state index < -0.39 is 5.67 Å². The van der Waals surface area contributed by atoms with Crippen molar-refractivity contribution in [2.75, 3.05) is 6.54 Å². The minimum Gasteiger partial charge on any atom is -0.328 e. The monoisotopic (exact) mass is 273 g/mol. The number of benzene rings is 1. The van der Waals surface area contributed by atoms with E-state index >= 15 is 0 Å². The summed E-state index contributed by atoms with van der Waals surface area (Å²) < 4.78 is 15.2. The van der Waals surface area contributed by atoms with Crippen LogP contribution in [0.5, 0.6) is 0 Å². The molecule has 1 rings (SSSR count). The van der Waals surface area contributed by atoms with E-state index in [0.717, 1.165) is 16.5 Å². The Morgan fingerprint density at radius 1 is 1.33 bits per heavy atom. The standard InChI is InChI=1S/C12H17BrFN/c1-2-7-12(14,9-15)8-10-3-5-11(13)6-4-10/h3-6H,2,7-9,15H2,1H3. The maximum Gasteiger partial charge on any atom is 0.127 e. The molecule has 0 amide bonds. The molecule has 1 atom stereocenters. The van der Waals surface area contributed by atoms with Gasteiger partial charge in [0.1, 0.15) is 5.67 Å². The zero-order chi connectivity index (χ0) is 11.3. The molecule has 0 fully saturated rings. The summed E-state index contributed by atoms with van der Waals surface area (Å²) in [7, 11) is 0. The first-order valence-electron chi connectivity index (χ1n) is 5.23. The lowest BCUT2D eigenvalue weighted by Crippen LogP contribution is -2.35. The predicted molar refractivity (Wildman–Crippen MR) is 65.6 cm³/mol. The molecular formula is C12H17BrFN. The summed E-state index contributed by atoms with van der Waals surface area (Å²) in [6.45, 7) is 2.07. The van der Waals surface area contributed by atoms with Crippen molar-refractivity contribution >= 4 is 15.9 Å². The Balaban J connectivity index is 2.70. The first kappa shape index (κ1) is 12.7. The highest BCUT2D eigenvalue weighted by atomic mass is 79.9. The third-order valence-corrected chi connectivity index (χ3v) is 3.03. The molecule has 84 valence electrons. The Hall–Kier alpha value is -0.410. The zero-order valence-electron chi connectivity index (χ0n) is 8.97. The number of nitrogens with two attached hydrogens (primary N) is 1. The molecule has 0 aliphatic carbocycles. The summed E-state index contributed by atoms with van der Waals surface area (Å²) in [6, 6.07) is 7.73. The van der Waals surface area contributed by atoms with Gasteiger partial charge in [-0.1, -0.05) is 41.4 Å². The topological polar surface area (TPSA) is 26.0 Å². The highest BCUT2D eigenvalue weighted by molar-refractivity contribution is 9.10. The van der Waals surface area contributed by atoms with Crippen molar-refractivity contribution in [3.63, 3.8) is 0 Å². The maximum atomic E-state index is 14.2. The van der Waals surface area contributed by atoms with Gasteiger partial charge in [-0.05, 0) is 24.1 Å². The lowest BCUT2D eigenvalue weighted by atomic mass is 9.92. The Morgan fingerprint density at radius 2 is 1.93 bits per heavy atom. The van der Waals surface area contributed by atoms with Crippen LogP contribution in [-0.2, 0) is 6.42 Å². The smallest absolute Gasteiger partial charge is 0.127 e. The third kappa shape index (κ3) is 3.92. The second kappa shape index (κ2) is 5.61. The van der Waals surface area contributed by atoms with E-state index in [-0.39, 0.29) is 6.54 Å². The van der Waals surface area contributed by atoms with Gasteiger partial charge >= 0.3 is 0 Å². The number of halogens is 2. The molecule has 2 N–H and O–H groups in total. The number of rotatable bonds is 5. The van der Waals surface area contributed by atoms with Gasteiger partial charge in [-0.3, -0.25) is 0 Å². The molecule has 1 nitrogen and oxygen atoms in total. The number of hydrogen-bond acceptors (Lipinski definition) is 1. The van der Waals surface area contributed by atoms with Gasteiger partial charge in [0.25, 0.3) is 0 Å². The normalized spacial score (nSPS) is 14.9. The van der Waals surface area contributed by atoms with Gasteiger partial charge in [0.2, 0.25) is 0 Å². The van der Waals surface area contributed by atoms with Crippen LogP contribution in [0, 0.1) is 0 Å². The van der Waals surface area contributed by atoms with E-state index in [1.165, 1.54) is 0 Å². The SMILES string of the molecule is CCCC(F)(CN)Cc1ccc(Br)cc1. The molecule has 0 heterocycles. The first-order valence-corrected chi connectivity index (χ1v) is 6.02. The largest absolute Gasteiger partial charge is 0.328 e. The van der Waals surface area contributed by atoms with Crippen molar-refractivity contribution in [1.82, 2.24) is 0 Å². The molecule has 0 bridgehead atoms. The van der Waals surface area contributed by atoms with Crippen LogP contribution in [0.1, 0.15) is 25.3 Å². The van der Waals surface area contributed by atoms with Crippen molar-refractivity contribution in [2.45, 2.75) is 31.9 Å². The van der Waals surface area contributed by atoms with Gasteiger partial charge in [0.15, 0.2) is 0 Å². The maximum absolute atomic E-state index is 14.2. The summed E-state index contributed by atoms with van der Waals surface area (Å²) in [6.07, 6.45) is 1.76. The molecule has 15 heavy (non-hydrogen) atoms. The van der Waals surface area contributed by atoms with Crippen LogP contribution in [0.2, 0.25) is 0 Å². The fraction of sp³-hybridized carbons (Fsp3) is 0.500. The van der Waals surface area contributed by atoms with Crippen LogP contribution in [0.4, 0.5) is 4.39 Å². The minimum absolute atomic E-state index is 0.0942. The van der Waals surface area contributed by atoms with Gasteiger partial charge in [0.05, 0.1) is 0 Å². The van der Waals surface area contributed by atoms with Crippen LogP contribution in [-0.4, -0.2) is 12.2 Å². The summed E-state index contributed by atoms with van der Waals surface area (Å²) in [5.74, 6) is 0. The van der Waals surface area contributed by atoms with Crippen LogP contribution >= 0.6 is 15.9 Å². The van der Waals surface area contributed by atoms with E-state index in [1.54, 1.807) is 0 Å². The van der Waals surface area contributed by atoms with Crippen molar-refractivity contribution in [2.24, 2.45) is 5.73 Å². The molecule has 3 heteroatoms. The van der Waals surface area contributed by atoms with E-state index in [0.29, 0.717) is 12.8 Å². The quantitative estimate of drug-likeness (QED) is 0.874. The van der Waals surface area contributed by atoms with Gasteiger partial charge in [-0.25, -0.2) is 4.39 Å². The van der Waals surface area contributed by atoms with E-state index in [9.17, 15) is 4.39 Å². The van der Waals surface area contributed by atoms with Crippen molar-refractivity contribution in [1.29, 1.82) is 0 Å². The van der Waals surface area contributed by atoms with Gasteiger partial charge in [-0.2, -0.15) is 0 Å². The average molecular weight is 274 g/mol. The molecule has 0 aliphatic heterocycles. The van der Waals surface area contributed by atoms with E-state index in [4.69, 9.17) is 5.73 Å². The van der Waals surface area contributed by atoms with Crippen LogP contribution in [0.3, 0.4) is 0 Å². The zero-order valence-corrected chi connectivity index (χ0v) is 10.6. The lowest BCUT2D eigenvalue weighted by Gasteiger charge is -2.23. The highest BCUT2D eigenvalue weighted by Crippen LogP contribution is 2.23. The molecule has 0 aliphatic rings. The number of alkyl halides is 1. The second-order valence-corrected chi connectivity index (χ2v) is 4.82.